The van der Waals surface area contributed by atoms with E-state index in [1.54, 1.807) is 0 Å². The minimum atomic E-state index is 0.166. The highest BCUT2D eigenvalue weighted by atomic mass is 79.9. The van der Waals surface area contributed by atoms with Crippen LogP contribution in [-0.4, -0.2) is 0 Å². The molecule has 134 heavy (non-hydrogen) atoms. The van der Waals surface area contributed by atoms with Gasteiger partial charge in [0.05, 0.1) is 0 Å². The first kappa shape index (κ1) is 89.9. The molecule has 17 rings (SSSR count). The molecule has 16 heteroatoms. The molecule has 0 unspecified atom stereocenters. The van der Waals surface area contributed by atoms with E-state index in [9.17, 15) is 0 Å². The fourth-order valence-corrected chi connectivity index (χ4v) is 15.4. The molecule has 0 saturated carbocycles. The SMILES string of the molecule is C=Cc1ccc(N(c2ccc(OCc3cc(OCc4cc(OCc5ccccc5)cc(OCc5ccccc5)c4)cc(OCc4cc(OCc5ccccc5)cc(OCc5ccccc5)c4)c3)cc2)c2ccc(OCc3cc(OCc4cc(OCc5ccccc5)cc(OCc5ccccc5)c4)cc(OCc4cc(OCc5ccccc5)cc(OCc5ccccc5)c4)c3)cc2)cc1Br. The summed E-state index contributed by atoms with van der Waals surface area (Å²) in [5, 5.41) is 0. The third kappa shape index (κ3) is 27.3. The first-order valence-corrected chi connectivity index (χ1v) is 45.3. The van der Waals surface area contributed by atoms with Crippen LogP contribution in [0.4, 0.5) is 17.1 Å². The summed E-state index contributed by atoms with van der Waals surface area (Å²) in [6.07, 6.45) is 1.83. The quantitative estimate of drug-likeness (QED) is 0.0358. The van der Waals surface area contributed by atoms with E-state index >= 15 is 0 Å². The molecule has 0 fully saturated rings. The number of benzene rings is 17. The predicted molar refractivity (Wildman–Crippen MR) is 530 cm³/mol. The van der Waals surface area contributed by atoms with Crippen LogP contribution in [0.25, 0.3) is 6.08 Å². The van der Waals surface area contributed by atoms with Crippen molar-refractivity contribution in [2.75, 3.05) is 4.90 Å². The van der Waals surface area contributed by atoms with Gasteiger partial charge >= 0.3 is 0 Å². The third-order valence-corrected chi connectivity index (χ3v) is 22.4. The van der Waals surface area contributed by atoms with Crippen molar-refractivity contribution in [3.8, 4) is 80.5 Å². The van der Waals surface area contributed by atoms with Gasteiger partial charge in [-0.1, -0.05) is 277 Å². The Labute approximate surface area is 791 Å². The lowest BCUT2D eigenvalue weighted by atomic mass is 10.1. The first-order valence-electron chi connectivity index (χ1n) is 44.5. The zero-order valence-electron chi connectivity index (χ0n) is 74.1. The fraction of sp³-hybridized carbons (Fsp3) is 0.119. The number of hydrogen-bond donors (Lipinski definition) is 0. The standard InChI is InChI=1S/C118H100BrNO14/c1-2-100-43-44-103(65-118(100)119)120(101-45-49-104(50-46-101)121-80-94-53-114(131-82-96-57-106(123-72-86-27-11-3-12-28-86)66-107(58-96)124-73-87-29-13-4-14-30-87)70-115(54-94)132-83-97-59-108(125-74-88-31-15-5-16-32-88)67-109(60-97)126-75-89-33-17-6-18-34-89)102-47-51-105(52-48-102)122-81-95-55-116(133-84-98-61-110(127-76-90-35-19-7-20-36-90)68-111(62-98)128-77-91-37-21-8-22-38-91)71-117(56-95)134-85-99-63-112(129-78-92-39-23-9-24-40-92)69-113(64-99)130-79-93-41-25-10-26-42-93/h2-71H,1,72-85H2. The Morgan fingerprint density at radius 3 is 0.485 bits per heavy atom. The highest BCUT2D eigenvalue weighted by molar-refractivity contribution is 9.10. The number of halogens is 1. The molecule has 0 aliphatic heterocycles. The summed E-state index contributed by atoms with van der Waals surface area (Å²) in [5.41, 5.74) is 16.9. The lowest BCUT2D eigenvalue weighted by molar-refractivity contribution is 0.273. The average Bonchev–Trinajstić information content (AvgIpc) is 0.795. The molecule has 0 bridgehead atoms. The molecule has 0 amide bonds. The first-order chi connectivity index (χ1) is 66.1. The van der Waals surface area contributed by atoms with Gasteiger partial charge in [-0.25, -0.2) is 0 Å². The molecule has 0 aromatic heterocycles. The van der Waals surface area contributed by atoms with E-state index in [1.807, 2.05) is 413 Å². The monoisotopic (exact) mass is 1830 g/mol. The van der Waals surface area contributed by atoms with E-state index in [4.69, 9.17) is 66.3 Å². The second-order valence-corrected chi connectivity index (χ2v) is 32.9. The van der Waals surface area contributed by atoms with Crippen molar-refractivity contribution in [3.05, 3.63) is 513 Å². The number of nitrogens with zero attached hydrogens (tertiary/aromatic N) is 1. The van der Waals surface area contributed by atoms with Gasteiger partial charge in [0.1, 0.15) is 173 Å². The maximum Gasteiger partial charge on any atom is 0.123 e. The largest absolute Gasteiger partial charge is 0.489 e. The van der Waals surface area contributed by atoms with Crippen molar-refractivity contribution < 1.29 is 66.3 Å². The van der Waals surface area contributed by atoms with Crippen molar-refractivity contribution in [1.29, 1.82) is 0 Å². The molecule has 0 atom stereocenters. The molecule has 17 aromatic carbocycles. The molecular weight excluding hydrogens is 1740 g/mol. The van der Waals surface area contributed by atoms with Crippen LogP contribution in [0.1, 0.15) is 83.5 Å². The van der Waals surface area contributed by atoms with E-state index < -0.39 is 0 Å². The van der Waals surface area contributed by atoms with Gasteiger partial charge in [-0.3, -0.25) is 0 Å². The van der Waals surface area contributed by atoms with Crippen LogP contribution >= 0.6 is 15.9 Å². The summed E-state index contributed by atoms with van der Waals surface area (Å²) in [7, 11) is 0. The van der Waals surface area contributed by atoms with Crippen molar-refractivity contribution >= 4 is 39.1 Å². The molecule has 0 spiro atoms. The maximum absolute atomic E-state index is 6.78. The van der Waals surface area contributed by atoms with E-state index in [1.165, 1.54) is 0 Å². The van der Waals surface area contributed by atoms with Crippen LogP contribution in [-0.2, 0) is 92.5 Å². The summed E-state index contributed by atoms with van der Waals surface area (Å²) in [6, 6.07) is 138. The Balaban J connectivity index is 0.625. The Morgan fingerprint density at radius 1 is 0.164 bits per heavy atom. The van der Waals surface area contributed by atoms with Gasteiger partial charge in [-0.05, 0) is 217 Å². The molecule has 0 radical (unpaired) electrons. The lowest BCUT2D eigenvalue weighted by Crippen LogP contribution is -2.10. The molecule has 668 valence electrons. The van der Waals surface area contributed by atoms with Crippen LogP contribution in [0, 0.1) is 0 Å². The Bertz CT molecular complexity index is 5660. The van der Waals surface area contributed by atoms with E-state index in [0.29, 0.717) is 133 Å². The molecular formula is C118H100BrNO14. The topological polar surface area (TPSA) is 132 Å². The van der Waals surface area contributed by atoms with Gasteiger partial charge in [-0.15, -0.1) is 0 Å². The zero-order chi connectivity index (χ0) is 90.9. The number of anilines is 3. The Hall–Kier alpha value is -16.0. The lowest BCUT2D eigenvalue weighted by Gasteiger charge is -2.26. The fourth-order valence-electron chi connectivity index (χ4n) is 14.9. The predicted octanol–water partition coefficient (Wildman–Crippen LogP) is 28.7. The molecule has 0 aliphatic rings. The summed E-state index contributed by atoms with van der Waals surface area (Å²) < 4.78 is 92.9. The van der Waals surface area contributed by atoms with Crippen LogP contribution < -0.4 is 71.2 Å². The number of hydrogen-bond acceptors (Lipinski definition) is 15. The molecule has 15 nitrogen and oxygen atoms in total. The molecule has 0 heterocycles. The van der Waals surface area contributed by atoms with Crippen molar-refractivity contribution in [1.82, 2.24) is 0 Å². The minimum Gasteiger partial charge on any atom is -0.489 e. The van der Waals surface area contributed by atoms with E-state index in [0.717, 1.165) is 105 Å². The van der Waals surface area contributed by atoms with Crippen LogP contribution in [0.3, 0.4) is 0 Å². The van der Waals surface area contributed by atoms with Crippen LogP contribution in [0.15, 0.2) is 430 Å². The number of rotatable bonds is 46. The molecule has 0 saturated heterocycles. The number of ether oxygens (including phenoxy) is 14. The average molecular weight is 1840 g/mol. The van der Waals surface area contributed by atoms with Gasteiger partial charge in [0.25, 0.3) is 0 Å². The third-order valence-electron chi connectivity index (χ3n) is 21.7. The second kappa shape index (κ2) is 46.5. The molecule has 0 aliphatic carbocycles. The van der Waals surface area contributed by atoms with E-state index in [-0.39, 0.29) is 39.6 Å². The van der Waals surface area contributed by atoms with Crippen molar-refractivity contribution in [2.24, 2.45) is 0 Å². The summed E-state index contributed by atoms with van der Waals surface area (Å²) in [4.78, 5) is 2.18. The smallest absolute Gasteiger partial charge is 0.123 e. The Kier molecular flexibility index (Phi) is 31.2. The zero-order valence-corrected chi connectivity index (χ0v) is 75.6. The van der Waals surface area contributed by atoms with Crippen molar-refractivity contribution in [3.63, 3.8) is 0 Å². The van der Waals surface area contributed by atoms with Crippen molar-refractivity contribution in [2.45, 2.75) is 92.5 Å². The van der Waals surface area contributed by atoms with E-state index in [2.05, 4.69) is 39.5 Å². The van der Waals surface area contributed by atoms with Crippen LogP contribution in [0.5, 0.6) is 80.5 Å². The highest BCUT2D eigenvalue weighted by Gasteiger charge is 2.19. The minimum absolute atomic E-state index is 0.166. The normalized spacial score (nSPS) is 10.9. The molecule has 17 aromatic rings. The molecule has 0 N–H and O–H groups in total. The van der Waals surface area contributed by atoms with Crippen LogP contribution in [0.2, 0.25) is 0 Å². The highest BCUT2D eigenvalue weighted by Crippen LogP contribution is 2.41. The van der Waals surface area contributed by atoms with Gasteiger partial charge in [-0.2, -0.15) is 0 Å². The van der Waals surface area contributed by atoms with Gasteiger partial charge in [0.15, 0.2) is 0 Å². The second-order valence-electron chi connectivity index (χ2n) is 32.0. The van der Waals surface area contributed by atoms with Gasteiger partial charge < -0.3 is 71.2 Å². The summed E-state index contributed by atoms with van der Waals surface area (Å²) in [6.45, 7) is 8.13. The maximum atomic E-state index is 6.78. The summed E-state index contributed by atoms with van der Waals surface area (Å²) in [5.74, 6) is 8.69. The summed E-state index contributed by atoms with van der Waals surface area (Å²) >= 11 is 3.85. The van der Waals surface area contributed by atoms with Gasteiger partial charge in [0.2, 0.25) is 0 Å². The van der Waals surface area contributed by atoms with Gasteiger partial charge in [0, 0.05) is 57.9 Å². The Morgan fingerprint density at radius 2 is 0.321 bits per heavy atom.